The van der Waals surface area contributed by atoms with Crippen LogP contribution in [0.15, 0.2) is 49.1 Å². The van der Waals surface area contributed by atoms with Crippen molar-refractivity contribution in [2.75, 3.05) is 13.6 Å². The van der Waals surface area contributed by atoms with E-state index in [1.165, 1.54) is 19.3 Å². The number of hydrogen-bond acceptors (Lipinski definition) is 5. The highest BCUT2D eigenvalue weighted by atomic mass is 16.3. The van der Waals surface area contributed by atoms with Crippen LogP contribution in [0.1, 0.15) is 83.6 Å². The second kappa shape index (κ2) is 19.0. The molecule has 1 fully saturated rings. The summed E-state index contributed by atoms with van der Waals surface area (Å²) < 4.78 is 1.89. The largest absolute Gasteiger partial charge is 0.391 e. The summed E-state index contributed by atoms with van der Waals surface area (Å²) in [5.74, 6) is 1.78. The minimum Gasteiger partial charge on any atom is -0.391 e. The standard InChI is InChI=1S/C36H53N5O4/c1-5-12-31(36(45)39-32(33(42)18-17-27(2)3)24-29-15-10-7-11-16-29)38-35(44)30(23-28-13-8-6-9-14-28)25-34(43)40(4)21-22-41-20-19-37-26-41/h1,6,8-9,13-14,19-20,26-27,29-33,42H,7,10-12,15-18,21-25H2,2-4H3,(H,38,44)(H,39,45)/t30-,31+,32+,33+/m1/s1. The van der Waals surface area contributed by atoms with Gasteiger partial charge >= 0.3 is 0 Å². The van der Waals surface area contributed by atoms with Crippen molar-refractivity contribution in [1.82, 2.24) is 25.1 Å². The topological polar surface area (TPSA) is 117 Å². The summed E-state index contributed by atoms with van der Waals surface area (Å²) in [6.45, 7) is 5.30. The lowest BCUT2D eigenvalue weighted by molar-refractivity contribution is -0.136. The predicted octanol–water partition coefficient (Wildman–Crippen LogP) is 4.35. The van der Waals surface area contributed by atoms with Crippen LogP contribution in [0.25, 0.3) is 0 Å². The highest BCUT2D eigenvalue weighted by Gasteiger charge is 2.31. The molecule has 2 aromatic rings. The van der Waals surface area contributed by atoms with Gasteiger partial charge in [0.1, 0.15) is 6.04 Å². The molecule has 3 N–H and O–H groups in total. The van der Waals surface area contributed by atoms with E-state index in [1.807, 2.05) is 41.1 Å². The SMILES string of the molecule is C#CC[C@H](NC(=O)[C@@H](CC(=O)N(C)CCn1ccnc1)Cc1ccccc1)C(=O)N[C@@H](CC1CCCCC1)[C@@H](O)CCC(C)C. The molecule has 0 radical (unpaired) electrons. The minimum atomic E-state index is -0.971. The first-order valence-electron chi connectivity index (χ1n) is 16.6. The lowest BCUT2D eigenvalue weighted by Gasteiger charge is -2.32. The van der Waals surface area contributed by atoms with E-state index >= 15 is 0 Å². The summed E-state index contributed by atoms with van der Waals surface area (Å²) in [7, 11) is 1.72. The summed E-state index contributed by atoms with van der Waals surface area (Å²) in [4.78, 5) is 46.3. The van der Waals surface area contributed by atoms with Crippen molar-refractivity contribution < 1.29 is 19.5 Å². The fourth-order valence-corrected chi connectivity index (χ4v) is 6.03. The molecular formula is C36H53N5O4. The fraction of sp³-hybridized carbons (Fsp3) is 0.611. The normalized spacial score (nSPS) is 16.3. The number of aliphatic hydroxyl groups is 1. The smallest absolute Gasteiger partial charge is 0.243 e. The Morgan fingerprint density at radius 2 is 1.82 bits per heavy atom. The van der Waals surface area contributed by atoms with Gasteiger partial charge in [-0.3, -0.25) is 14.4 Å². The third-order valence-corrected chi connectivity index (χ3v) is 8.89. The Labute approximate surface area is 269 Å². The number of terminal acetylenes is 1. The van der Waals surface area contributed by atoms with E-state index in [9.17, 15) is 19.5 Å². The van der Waals surface area contributed by atoms with Crippen molar-refractivity contribution in [3.8, 4) is 12.3 Å². The number of carbonyl (C=O) groups excluding carboxylic acids is 3. The number of rotatable bonds is 18. The molecule has 1 aromatic heterocycles. The zero-order valence-electron chi connectivity index (χ0n) is 27.4. The number of aromatic nitrogens is 2. The highest BCUT2D eigenvalue weighted by molar-refractivity contribution is 5.91. The van der Waals surface area contributed by atoms with Gasteiger partial charge in [-0.15, -0.1) is 12.3 Å². The Hall–Kier alpha value is -3.64. The summed E-state index contributed by atoms with van der Waals surface area (Å²) in [5, 5.41) is 17.1. The maximum atomic E-state index is 13.8. The van der Waals surface area contributed by atoms with Crippen LogP contribution in [-0.2, 0) is 27.3 Å². The van der Waals surface area contributed by atoms with Gasteiger partial charge in [-0.05, 0) is 43.1 Å². The van der Waals surface area contributed by atoms with Gasteiger partial charge in [0.2, 0.25) is 17.7 Å². The first-order chi connectivity index (χ1) is 21.7. The van der Waals surface area contributed by atoms with Crippen molar-refractivity contribution in [1.29, 1.82) is 0 Å². The van der Waals surface area contributed by atoms with Gasteiger partial charge in [0.15, 0.2) is 0 Å². The molecule has 0 unspecified atom stereocenters. The molecule has 0 saturated heterocycles. The Morgan fingerprint density at radius 1 is 1.09 bits per heavy atom. The number of carbonyl (C=O) groups is 3. The number of hydrogen-bond donors (Lipinski definition) is 3. The predicted molar refractivity (Wildman–Crippen MR) is 177 cm³/mol. The first kappa shape index (κ1) is 35.8. The number of nitrogens with zero attached hydrogens (tertiary/aromatic N) is 3. The number of benzene rings is 1. The van der Waals surface area contributed by atoms with Crippen molar-refractivity contribution in [3.05, 3.63) is 54.6 Å². The first-order valence-corrected chi connectivity index (χ1v) is 16.6. The third kappa shape index (κ3) is 12.7. The number of likely N-dealkylation sites (N-methyl/N-ethyl adjacent to an activating group) is 1. The maximum absolute atomic E-state index is 13.8. The summed E-state index contributed by atoms with van der Waals surface area (Å²) in [6, 6.07) is 8.16. The second-order valence-electron chi connectivity index (χ2n) is 13.1. The molecule has 1 aromatic carbocycles. The summed E-state index contributed by atoms with van der Waals surface area (Å²) in [6.07, 6.45) is 18.5. The number of nitrogens with one attached hydrogen (secondary N) is 2. The Kier molecular flexibility index (Phi) is 15.1. The van der Waals surface area contributed by atoms with Gasteiger partial charge in [0, 0.05) is 45.4 Å². The molecule has 0 bridgehead atoms. The molecular weight excluding hydrogens is 566 g/mol. The molecule has 0 spiro atoms. The fourth-order valence-electron chi connectivity index (χ4n) is 6.03. The Balaban J connectivity index is 1.70. The maximum Gasteiger partial charge on any atom is 0.243 e. The van der Waals surface area contributed by atoms with Gasteiger partial charge in [0.25, 0.3) is 0 Å². The van der Waals surface area contributed by atoms with E-state index < -0.39 is 35.9 Å². The van der Waals surface area contributed by atoms with E-state index in [4.69, 9.17) is 6.42 Å². The Bertz CT molecular complexity index is 1200. The van der Waals surface area contributed by atoms with Crippen LogP contribution in [0.4, 0.5) is 0 Å². The van der Waals surface area contributed by atoms with Crippen LogP contribution in [0.2, 0.25) is 0 Å². The van der Waals surface area contributed by atoms with Crippen molar-refractivity contribution in [2.45, 2.75) is 109 Å². The van der Waals surface area contributed by atoms with E-state index in [1.54, 1.807) is 24.5 Å². The molecule has 3 rings (SSSR count). The molecule has 9 heteroatoms. The lowest BCUT2D eigenvalue weighted by atomic mass is 9.83. The Morgan fingerprint density at radius 3 is 2.47 bits per heavy atom. The minimum absolute atomic E-state index is 0.00657. The van der Waals surface area contributed by atoms with Crippen molar-refractivity contribution in [3.63, 3.8) is 0 Å². The molecule has 1 aliphatic carbocycles. The van der Waals surface area contributed by atoms with Crippen LogP contribution < -0.4 is 10.6 Å². The van der Waals surface area contributed by atoms with Gasteiger partial charge in [-0.2, -0.15) is 0 Å². The van der Waals surface area contributed by atoms with E-state index in [2.05, 4.69) is 35.4 Å². The molecule has 3 amide bonds. The van der Waals surface area contributed by atoms with Crippen molar-refractivity contribution >= 4 is 17.7 Å². The van der Waals surface area contributed by atoms with E-state index in [0.717, 1.165) is 24.8 Å². The quantitative estimate of drug-likeness (QED) is 0.215. The number of amides is 3. The van der Waals surface area contributed by atoms with Crippen LogP contribution in [0.5, 0.6) is 0 Å². The highest BCUT2D eigenvalue weighted by Crippen LogP contribution is 2.29. The zero-order valence-corrected chi connectivity index (χ0v) is 27.4. The molecule has 4 atom stereocenters. The molecule has 1 heterocycles. The lowest BCUT2D eigenvalue weighted by Crippen LogP contribution is -2.54. The molecule has 1 saturated carbocycles. The zero-order chi connectivity index (χ0) is 32.6. The molecule has 45 heavy (non-hydrogen) atoms. The van der Waals surface area contributed by atoms with Crippen LogP contribution in [0, 0.1) is 30.1 Å². The monoisotopic (exact) mass is 619 g/mol. The van der Waals surface area contributed by atoms with Gasteiger partial charge in [-0.1, -0.05) is 76.3 Å². The molecule has 246 valence electrons. The van der Waals surface area contributed by atoms with E-state index in [0.29, 0.717) is 44.2 Å². The van der Waals surface area contributed by atoms with Gasteiger partial charge < -0.3 is 25.2 Å². The third-order valence-electron chi connectivity index (χ3n) is 8.89. The average molecular weight is 620 g/mol. The average Bonchev–Trinajstić information content (AvgIpc) is 3.56. The number of imidazole rings is 1. The molecule has 1 aliphatic rings. The second-order valence-corrected chi connectivity index (χ2v) is 13.1. The van der Waals surface area contributed by atoms with Crippen LogP contribution in [-0.4, -0.2) is 69.1 Å². The van der Waals surface area contributed by atoms with Gasteiger partial charge in [0.05, 0.1) is 24.4 Å². The molecule has 9 nitrogen and oxygen atoms in total. The van der Waals surface area contributed by atoms with Crippen molar-refractivity contribution in [2.24, 2.45) is 17.8 Å². The van der Waals surface area contributed by atoms with E-state index in [-0.39, 0.29) is 18.7 Å². The summed E-state index contributed by atoms with van der Waals surface area (Å²) >= 11 is 0. The summed E-state index contributed by atoms with van der Waals surface area (Å²) in [5.41, 5.74) is 0.922. The van der Waals surface area contributed by atoms with Gasteiger partial charge in [-0.25, -0.2) is 4.98 Å². The molecule has 0 aliphatic heterocycles. The van der Waals surface area contributed by atoms with Crippen LogP contribution >= 0.6 is 0 Å². The van der Waals surface area contributed by atoms with Crippen LogP contribution in [0.3, 0.4) is 0 Å². The number of aliphatic hydroxyl groups excluding tert-OH is 1.